The Kier molecular flexibility index (Phi) is 7.79. The summed E-state index contributed by atoms with van der Waals surface area (Å²) in [5.41, 5.74) is -16.6. The Balaban J connectivity index is 3.79. The molecule has 6 nitrogen and oxygen atoms in total. The van der Waals surface area contributed by atoms with E-state index >= 15 is 0 Å². The van der Waals surface area contributed by atoms with Gasteiger partial charge in [0.25, 0.3) is 19.7 Å². The van der Waals surface area contributed by atoms with Gasteiger partial charge in [-0.25, -0.2) is 16.8 Å². The van der Waals surface area contributed by atoms with Gasteiger partial charge in [-0.3, -0.25) is 4.79 Å². The number of carbonyl (C=O) groups excluding carboxylic acids is 1. The van der Waals surface area contributed by atoms with Crippen molar-refractivity contribution in [3.8, 4) is 0 Å². The van der Waals surface area contributed by atoms with Crippen LogP contribution in [0.5, 0.6) is 0 Å². The Hall–Kier alpha value is -1.83. The van der Waals surface area contributed by atoms with Crippen molar-refractivity contribution < 1.29 is 52.7 Å². The number of hydrogen-bond donors (Lipinski definition) is 0. The molecule has 32 heavy (non-hydrogen) atoms. The number of esters is 1. The third-order valence-corrected chi connectivity index (χ3v) is 9.56. The Labute approximate surface area is 181 Å². The molecule has 0 saturated carbocycles. The van der Waals surface area contributed by atoms with Gasteiger partial charge in [0.05, 0.1) is 5.41 Å². The van der Waals surface area contributed by atoms with Crippen LogP contribution >= 0.6 is 0 Å². The third-order valence-electron chi connectivity index (χ3n) is 5.03. The van der Waals surface area contributed by atoms with Crippen molar-refractivity contribution in [1.82, 2.24) is 0 Å². The molecule has 1 rings (SSSR count). The molecule has 0 spiro atoms. The number of rotatable bonds is 8. The molecule has 0 heterocycles. The minimum atomic E-state index is -6.90. The molecule has 0 amide bonds. The lowest BCUT2D eigenvalue weighted by Gasteiger charge is -2.36. The van der Waals surface area contributed by atoms with Crippen molar-refractivity contribution >= 4 is 25.6 Å². The molecule has 0 aromatic heterocycles. The molecule has 1 aromatic carbocycles. The number of hydrogen-bond acceptors (Lipinski definition) is 6. The lowest BCUT2D eigenvalue weighted by Crippen LogP contribution is -2.49. The summed E-state index contributed by atoms with van der Waals surface area (Å²) < 4.78 is 128. The second-order valence-corrected chi connectivity index (χ2v) is 12.4. The largest absolute Gasteiger partial charge is 0.498 e. The molecule has 0 N–H and O–H groups in total. The van der Waals surface area contributed by atoms with E-state index in [-0.39, 0.29) is 12.0 Å². The summed E-state index contributed by atoms with van der Waals surface area (Å²) in [4.78, 5) is 12.6. The molecule has 0 saturated heterocycles. The minimum Gasteiger partial charge on any atom is -0.454 e. The van der Waals surface area contributed by atoms with Crippen molar-refractivity contribution in [3.05, 3.63) is 35.9 Å². The minimum absolute atomic E-state index is 0.155. The Bertz CT molecular complexity index is 986. The molecule has 1 atom stereocenters. The molecule has 0 aliphatic heterocycles. The molecule has 0 radical (unpaired) electrons. The van der Waals surface area contributed by atoms with Crippen LogP contribution in [0.3, 0.4) is 0 Å². The number of alkyl halides is 6. The number of sulfone groups is 2. The van der Waals surface area contributed by atoms with Gasteiger partial charge in [0.1, 0.15) is 5.60 Å². The molecule has 184 valence electrons. The van der Waals surface area contributed by atoms with Crippen LogP contribution in [0.2, 0.25) is 0 Å². The SMILES string of the molecule is CCC(C)(C)C(=O)OC(C)(CC(S(=O)(=O)C(F)(F)F)S(=O)(=O)C(F)(F)F)c1ccccc1. The quantitative estimate of drug-likeness (QED) is 0.377. The van der Waals surface area contributed by atoms with E-state index in [9.17, 15) is 48.0 Å². The Morgan fingerprint density at radius 3 is 1.62 bits per heavy atom. The zero-order chi connectivity index (χ0) is 25.4. The van der Waals surface area contributed by atoms with Gasteiger partial charge in [-0.1, -0.05) is 37.3 Å². The third kappa shape index (κ3) is 5.56. The maximum Gasteiger partial charge on any atom is 0.498 e. The first-order valence-corrected chi connectivity index (χ1v) is 12.1. The average molecular weight is 512 g/mol. The molecule has 1 unspecified atom stereocenters. The van der Waals surface area contributed by atoms with Gasteiger partial charge in [-0.15, -0.1) is 0 Å². The summed E-state index contributed by atoms with van der Waals surface area (Å²) in [5, 5.41) is 0. The molecular weight excluding hydrogens is 490 g/mol. The lowest BCUT2D eigenvalue weighted by molar-refractivity contribution is -0.171. The lowest BCUT2D eigenvalue weighted by atomic mass is 9.88. The van der Waals surface area contributed by atoms with Gasteiger partial charge in [0.15, 0.2) is 4.58 Å². The van der Waals surface area contributed by atoms with Gasteiger partial charge in [0.2, 0.25) is 0 Å². The predicted molar refractivity (Wildman–Crippen MR) is 102 cm³/mol. The van der Waals surface area contributed by atoms with Crippen LogP contribution in [-0.2, 0) is 34.8 Å². The molecule has 0 fully saturated rings. The van der Waals surface area contributed by atoms with Gasteiger partial charge in [0, 0.05) is 6.42 Å². The van der Waals surface area contributed by atoms with Gasteiger partial charge < -0.3 is 4.74 Å². The van der Waals surface area contributed by atoms with Crippen LogP contribution in [0.4, 0.5) is 26.3 Å². The van der Waals surface area contributed by atoms with Crippen molar-refractivity contribution in [1.29, 1.82) is 0 Å². The van der Waals surface area contributed by atoms with Gasteiger partial charge in [-0.05, 0) is 32.8 Å². The fourth-order valence-corrected chi connectivity index (χ4v) is 6.16. The number of halogens is 6. The monoisotopic (exact) mass is 512 g/mol. The summed E-state index contributed by atoms with van der Waals surface area (Å²) in [6.07, 6.45) is -1.69. The number of benzene rings is 1. The van der Waals surface area contributed by atoms with Crippen molar-refractivity contribution in [3.63, 3.8) is 0 Å². The molecular formula is C18H22F6O6S2. The van der Waals surface area contributed by atoms with Crippen LogP contribution in [0, 0.1) is 5.41 Å². The maximum absolute atomic E-state index is 13.2. The van der Waals surface area contributed by atoms with Crippen molar-refractivity contribution in [2.75, 3.05) is 0 Å². The standard InChI is InChI=1S/C18H22F6O6S2/c1-5-15(2,3)14(25)30-16(4,12-9-7-6-8-10-12)11-13(31(26,27)17(19,20)21)32(28,29)18(22,23)24/h6-10,13H,5,11H2,1-4H3. The van der Waals surface area contributed by atoms with Gasteiger partial charge in [-0.2, -0.15) is 26.3 Å². The van der Waals surface area contributed by atoms with Crippen LogP contribution in [0.15, 0.2) is 30.3 Å². The average Bonchev–Trinajstić information content (AvgIpc) is 2.64. The van der Waals surface area contributed by atoms with E-state index < -0.39 is 58.7 Å². The summed E-state index contributed by atoms with van der Waals surface area (Å²) in [7, 11) is -13.8. The fourth-order valence-electron chi connectivity index (χ4n) is 2.50. The van der Waals surface area contributed by atoms with E-state index in [2.05, 4.69) is 0 Å². The van der Waals surface area contributed by atoms with Crippen molar-refractivity contribution in [2.45, 2.75) is 61.7 Å². The zero-order valence-electron chi connectivity index (χ0n) is 17.4. The summed E-state index contributed by atoms with van der Waals surface area (Å²) in [6.45, 7) is 5.19. The van der Waals surface area contributed by atoms with E-state index in [1.54, 1.807) is 6.92 Å². The highest BCUT2D eigenvalue weighted by Gasteiger charge is 2.64. The Morgan fingerprint density at radius 1 is 0.875 bits per heavy atom. The van der Waals surface area contributed by atoms with Gasteiger partial charge >= 0.3 is 17.0 Å². The smallest absolute Gasteiger partial charge is 0.454 e. The van der Waals surface area contributed by atoms with E-state index in [1.165, 1.54) is 32.0 Å². The molecule has 0 aliphatic carbocycles. The number of ether oxygens (including phenoxy) is 1. The second kappa shape index (κ2) is 8.84. The van der Waals surface area contributed by atoms with E-state index in [1.807, 2.05) is 0 Å². The van der Waals surface area contributed by atoms with Crippen LogP contribution < -0.4 is 0 Å². The fraction of sp³-hybridized carbons (Fsp3) is 0.611. The highest BCUT2D eigenvalue weighted by molar-refractivity contribution is 8.09. The molecule has 0 bridgehead atoms. The summed E-state index contributed by atoms with van der Waals surface area (Å²) in [5.74, 6) is -1.07. The molecule has 14 heteroatoms. The van der Waals surface area contributed by atoms with E-state index in [0.29, 0.717) is 0 Å². The first-order valence-electron chi connectivity index (χ1n) is 9.03. The maximum atomic E-state index is 13.2. The summed E-state index contributed by atoms with van der Waals surface area (Å²) >= 11 is 0. The topological polar surface area (TPSA) is 94.6 Å². The normalized spacial score (nSPS) is 16.0. The zero-order valence-corrected chi connectivity index (χ0v) is 19.0. The highest BCUT2D eigenvalue weighted by atomic mass is 32.3. The predicted octanol–water partition coefficient (Wildman–Crippen LogP) is 4.47. The van der Waals surface area contributed by atoms with Crippen LogP contribution in [0.1, 0.15) is 46.1 Å². The first kappa shape index (κ1) is 28.2. The van der Waals surface area contributed by atoms with E-state index in [0.717, 1.165) is 19.1 Å². The van der Waals surface area contributed by atoms with Crippen molar-refractivity contribution in [2.24, 2.45) is 5.41 Å². The Morgan fingerprint density at radius 2 is 1.28 bits per heavy atom. The van der Waals surface area contributed by atoms with Crippen LogP contribution in [-0.4, -0.2) is 38.4 Å². The first-order chi connectivity index (χ1) is 14.1. The molecule has 1 aromatic rings. The number of carbonyl (C=O) groups is 1. The summed E-state index contributed by atoms with van der Waals surface area (Å²) in [6, 6.07) is 6.35. The van der Waals surface area contributed by atoms with Crippen LogP contribution in [0.25, 0.3) is 0 Å². The second-order valence-electron chi connectivity index (χ2n) is 7.84. The molecule has 0 aliphatic rings. The highest BCUT2D eigenvalue weighted by Crippen LogP contribution is 2.43. The van der Waals surface area contributed by atoms with E-state index in [4.69, 9.17) is 4.74 Å².